The van der Waals surface area contributed by atoms with Crippen molar-refractivity contribution in [1.82, 2.24) is 4.98 Å². The zero-order valence-electron chi connectivity index (χ0n) is 10.8. The number of hydrogen-bond acceptors (Lipinski definition) is 4. The summed E-state index contributed by atoms with van der Waals surface area (Å²) in [6, 6.07) is 5.30. The Morgan fingerprint density at radius 3 is 2.79 bits per heavy atom. The van der Waals surface area contributed by atoms with Crippen molar-refractivity contribution in [1.29, 1.82) is 0 Å². The Morgan fingerprint density at radius 1 is 1.42 bits per heavy atom. The molecule has 0 spiro atoms. The summed E-state index contributed by atoms with van der Waals surface area (Å²) in [4.78, 5) is 14.4. The number of methoxy groups -OCH3 is 2. The Labute approximate surface area is 117 Å². The number of benzene rings is 1. The van der Waals surface area contributed by atoms with Crippen molar-refractivity contribution in [3.8, 4) is 5.75 Å². The first-order valence-electron chi connectivity index (χ1n) is 5.63. The number of nitrogens with one attached hydrogen (secondary N) is 1. The van der Waals surface area contributed by atoms with Gasteiger partial charge in [0.05, 0.1) is 20.6 Å². The Hall–Kier alpha value is -1.72. The van der Waals surface area contributed by atoms with Gasteiger partial charge in [0.2, 0.25) is 0 Å². The van der Waals surface area contributed by atoms with E-state index >= 15 is 0 Å². The van der Waals surface area contributed by atoms with Crippen LogP contribution in [0.25, 0.3) is 10.9 Å². The lowest BCUT2D eigenvalue weighted by Gasteiger charge is -2.09. The molecule has 0 aliphatic heterocycles. The maximum atomic E-state index is 11.2. The minimum absolute atomic E-state index is 0. The Morgan fingerprint density at radius 2 is 2.16 bits per heavy atom. The standard InChI is InChI=1S/C13H16N2O3.ClH/c1-17-8-3-4-12-9(5-8)10(7-15-12)11(14)6-13(16)18-2;/h3-5,7,11,15H,6,14H2,1-2H3;1H/t11-;/m1./s1. The largest absolute Gasteiger partial charge is 0.497 e. The van der Waals surface area contributed by atoms with E-state index < -0.39 is 6.04 Å². The Bertz CT molecular complexity index is 568. The first-order valence-corrected chi connectivity index (χ1v) is 5.63. The van der Waals surface area contributed by atoms with Gasteiger partial charge in [-0.15, -0.1) is 12.4 Å². The number of nitrogens with two attached hydrogens (primary N) is 1. The van der Waals surface area contributed by atoms with Crippen molar-refractivity contribution in [2.24, 2.45) is 5.73 Å². The number of aromatic nitrogens is 1. The van der Waals surface area contributed by atoms with Crippen LogP contribution in [-0.2, 0) is 9.53 Å². The van der Waals surface area contributed by atoms with E-state index in [4.69, 9.17) is 10.5 Å². The van der Waals surface area contributed by atoms with Crippen LogP contribution in [0.4, 0.5) is 0 Å². The molecule has 1 aromatic carbocycles. The first kappa shape index (κ1) is 15.3. The summed E-state index contributed by atoms with van der Waals surface area (Å²) in [5, 5.41) is 0.964. The first-order chi connectivity index (χ1) is 8.65. The second kappa shape index (κ2) is 6.45. The normalized spacial score (nSPS) is 11.7. The third-order valence-electron chi connectivity index (χ3n) is 2.93. The van der Waals surface area contributed by atoms with Gasteiger partial charge in [0.15, 0.2) is 0 Å². The molecule has 0 aliphatic carbocycles. The van der Waals surface area contributed by atoms with E-state index in [1.807, 2.05) is 24.4 Å². The Kier molecular flexibility index (Phi) is 5.20. The SMILES string of the molecule is COC(=O)C[C@@H](N)c1c[nH]c2ccc(OC)cc12.Cl. The molecule has 0 saturated carbocycles. The molecule has 2 rings (SSSR count). The smallest absolute Gasteiger partial charge is 0.307 e. The predicted molar refractivity (Wildman–Crippen MR) is 75.7 cm³/mol. The topological polar surface area (TPSA) is 77.3 Å². The summed E-state index contributed by atoms with van der Waals surface area (Å²) >= 11 is 0. The lowest BCUT2D eigenvalue weighted by atomic mass is 10.0. The zero-order chi connectivity index (χ0) is 13.1. The van der Waals surface area contributed by atoms with Gasteiger partial charge in [-0.2, -0.15) is 0 Å². The highest BCUT2D eigenvalue weighted by atomic mass is 35.5. The number of esters is 1. The van der Waals surface area contributed by atoms with Gasteiger partial charge in [-0.05, 0) is 23.8 Å². The third kappa shape index (κ3) is 3.19. The summed E-state index contributed by atoms with van der Waals surface area (Å²) in [5.74, 6) is 0.438. The fraction of sp³-hybridized carbons (Fsp3) is 0.308. The quantitative estimate of drug-likeness (QED) is 0.844. The number of H-pyrrole nitrogens is 1. The molecule has 104 valence electrons. The molecular weight excluding hydrogens is 268 g/mol. The molecular formula is C13H17ClN2O3. The molecule has 6 heteroatoms. The van der Waals surface area contributed by atoms with E-state index in [-0.39, 0.29) is 24.8 Å². The number of hydrogen-bond donors (Lipinski definition) is 2. The minimum atomic E-state index is -0.390. The highest BCUT2D eigenvalue weighted by molar-refractivity contribution is 5.86. The average Bonchev–Trinajstić information content (AvgIpc) is 2.81. The molecule has 0 radical (unpaired) electrons. The molecule has 1 heterocycles. The summed E-state index contributed by atoms with van der Waals surface area (Å²) < 4.78 is 9.80. The van der Waals surface area contributed by atoms with Gasteiger partial charge >= 0.3 is 5.97 Å². The second-order valence-corrected chi connectivity index (χ2v) is 4.04. The molecule has 1 atom stereocenters. The maximum Gasteiger partial charge on any atom is 0.307 e. The van der Waals surface area contributed by atoms with E-state index in [9.17, 15) is 4.79 Å². The van der Waals surface area contributed by atoms with Gasteiger partial charge in [-0.25, -0.2) is 0 Å². The number of aromatic amines is 1. The van der Waals surface area contributed by atoms with Gasteiger partial charge in [-0.3, -0.25) is 4.79 Å². The molecule has 0 bridgehead atoms. The van der Waals surface area contributed by atoms with Crippen LogP contribution in [0.5, 0.6) is 5.75 Å². The van der Waals surface area contributed by atoms with Crippen molar-refractivity contribution in [3.63, 3.8) is 0 Å². The van der Waals surface area contributed by atoms with Crippen LogP contribution in [0, 0.1) is 0 Å². The molecule has 19 heavy (non-hydrogen) atoms. The van der Waals surface area contributed by atoms with Gasteiger partial charge in [0.25, 0.3) is 0 Å². The highest BCUT2D eigenvalue weighted by Crippen LogP contribution is 2.28. The van der Waals surface area contributed by atoms with Crippen molar-refractivity contribution in [3.05, 3.63) is 30.0 Å². The number of fused-ring (bicyclic) bond motifs is 1. The van der Waals surface area contributed by atoms with Crippen LogP contribution in [0.3, 0.4) is 0 Å². The summed E-state index contributed by atoms with van der Waals surface area (Å²) in [7, 11) is 2.97. The van der Waals surface area contributed by atoms with Gasteiger partial charge < -0.3 is 20.2 Å². The minimum Gasteiger partial charge on any atom is -0.497 e. The highest BCUT2D eigenvalue weighted by Gasteiger charge is 2.16. The van der Waals surface area contributed by atoms with E-state index in [1.54, 1.807) is 7.11 Å². The lowest BCUT2D eigenvalue weighted by Crippen LogP contribution is -2.15. The zero-order valence-corrected chi connectivity index (χ0v) is 11.6. The number of carbonyl (C=O) groups is 1. The van der Waals surface area contributed by atoms with Crippen molar-refractivity contribution in [2.45, 2.75) is 12.5 Å². The number of ether oxygens (including phenoxy) is 2. The summed E-state index contributed by atoms with van der Waals surface area (Å²) in [6.07, 6.45) is 1.97. The van der Waals surface area contributed by atoms with Crippen LogP contribution in [-0.4, -0.2) is 25.2 Å². The fourth-order valence-corrected chi connectivity index (χ4v) is 1.93. The monoisotopic (exact) mass is 284 g/mol. The second-order valence-electron chi connectivity index (χ2n) is 4.04. The molecule has 3 N–H and O–H groups in total. The number of halogens is 1. The van der Waals surface area contributed by atoms with Gasteiger partial charge in [-0.1, -0.05) is 0 Å². The fourth-order valence-electron chi connectivity index (χ4n) is 1.93. The average molecular weight is 285 g/mol. The van der Waals surface area contributed by atoms with E-state index in [1.165, 1.54) is 7.11 Å². The molecule has 0 amide bonds. The third-order valence-corrected chi connectivity index (χ3v) is 2.93. The van der Waals surface area contributed by atoms with Crippen LogP contribution in [0.15, 0.2) is 24.4 Å². The molecule has 5 nitrogen and oxygen atoms in total. The summed E-state index contributed by atoms with van der Waals surface area (Å²) in [5.41, 5.74) is 7.86. The lowest BCUT2D eigenvalue weighted by molar-refractivity contribution is -0.141. The van der Waals surface area contributed by atoms with E-state index in [0.29, 0.717) is 0 Å². The van der Waals surface area contributed by atoms with Crippen LogP contribution >= 0.6 is 12.4 Å². The number of rotatable bonds is 4. The van der Waals surface area contributed by atoms with E-state index in [0.717, 1.165) is 22.2 Å². The Balaban J connectivity index is 0.00000180. The van der Waals surface area contributed by atoms with Gasteiger partial charge in [0.1, 0.15) is 5.75 Å². The van der Waals surface area contributed by atoms with Gasteiger partial charge in [0, 0.05) is 23.1 Å². The molecule has 1 aromatic heterocycles. The molecule has 0 unspecified atom stereocenters. The van der Waals surface area contributed by atoms with Crippen LogP contribution in [0.2, 0.25) is 0 Å². The molecule has 0 fully saturated rings. The summed E-state index contributed by atoms with van der Waals surface area (Å²) in [6.45, 7) is 0. The maximum absolute atomic E-state index is 11.2. The van der Waals surface area contributed by atoms with Crippen molar-refractivity contribution < 1.29 is 14.3 Å². The molecule has 2 aromatic rings. The number of carbonyl (C=O) groups excluding carboxylic acids is 1. The van der Waals surface area contributed by atoms with Crippen LogP contribution in [0.1, 0.15) is 18.0 Å². The van der Waals surface area contributed by atoms with Crippen molar-refractivity contribution >= 4 is 29.3 Å². The molecule has 0 aliphatic rings. The van der Waals surface area contributed by atoms with Crippen molar-refractivity contribution in [2.75, 3.05) is 14.2 Å². The van der Waals surface area contributed by atoms with E-state index in [2.05, 4.69) is 9.72 Å². The molecule has 0 saturated heterocycles. The van der Waals surface area contributed by atoms with Crippen LogP contribution < -0.4 is 10.5 Å². The predicted octanol–water partition coefficient (Wildman–Crippen LogP) is 2.16.